The highest BCUT2D eigenvalue weighted by atomic mass is 15.0. The van der Waals surface area contributed by atoms with Crippen molar-refractivity contribution in [2.45, 2.75) is 32.4 Å². The summed E-state index contributed by atoms with van der Waals surface area (Å²) >= 11 is 0. The molecule has 0 saturated carbocycles. The predicted octanol–water partition coefficient (Wildman–Crippen LogP) is 1.23. The SMILES string of the molecule is Cc1cnccc1CNC1CCCNC1. The van der Waals surface area contributed by atoms with Crippen molar-refractivity contribution in [3.05, 3.63) is 29.6 Å². The maximum absolute atomic E-state index is 4.10. The van der Waals surface area contributed by atoms with Gasteiger partial charge in [-0.25, -0.2) is 0 Å². The maximum Gasteiger partial charge on any atom is 0.0300 e. The van der Waals surface area contributed by atoms with Gasteiger partial charge in [0.1, 0.15) is 0 Å². The van der Waals surface area contributed by atoms with E-state index >= 15 is 0 Å². The van der Waals surface area contributed by atoms with Crippen molar-refractivity contribution in [3.8, 4) is 0 Å². The molecular weight excluding hydrogens is 186 g/mol. The van der Waals surface area contributed by atoms with Gasteiger partial charge in [-0.05, 0) is 43.5 Å². The van der Waals surface area contributed by atoms with E-state index in [0.29, 0.717) is 6.04 Å². The Hall–Kier alpha value is -0.930. The van der Waals surface area contributed by atoms with Crippen LogP contribution in [-0.2, 0) is 6.54 Å². The third-order valence-corrected chi connectivity index (χ3v) is 3.01. The summed E-state index contributed by atoms with van der Waals surface area (Å²) < 4.78 is 0. The molecule has 3 heteroatoms. The van der Waals surface area contributed by atoms with E-state index in [1.54, 1.807) is 0 Å². The Morgan fingerprint density at radius 1 is 1.60 bits per heavy atom. The highest BCUT2D eigenvalue weighted by molar-refractivity contribution is 5.21. The van der Waals surface area contributed by atoms with Crippen LogP contribution in [0.2, 0.25) is 0 Å². The molecule has 1 aromatic rings. The minimum atomic E-state index is 0.631. The first-order valence-electron chi connectivity index (χ1n) is 5.70. The van der Waals surface area contributed by atoms with Crippen LogP contribution in [0, 0.1) is 6.92 Å². The topological polar surface area (TPSA) is 37.0 Å². The molecule has 82 valence electrons. The van der Waals surface area contributed by atoms with Crippen LogP contribution >= 0.6 is 0 Å². The summed E-state index contributed by atoms with van der Waals surface area (Å²) in [7, 11) is 0. The van der Waals surface area contributed by atoms with E-state index < -0.39 is 0 Å². The number of pyridine rings is 1. The third-order valence-electron chi connectivity index (χ3n) is 3.01. The first-order chi connectivity index (χ1) is 7.36. The van der Waals surface area contributed by atoms with Gasteiger partial charge in [-0.15, -0.1) is 0 Å². The second-order valence-electron chi connectivity index (χ2n) is 4.23. The summed E-state index contributed by atoms with van der Waals surface area (Å²) in [4.78, 5) is 4.10. The Kier molecular flexibility index (Phi) is 3.69. The summed E-state index contributed by atoms with van der Waals surface area (Å²) in [5, 5.41) is 7.00. The second kappa shape index (κ2) is 5.24. The lowest BCUT2D eigenvalue weighted by atomic mass is 10.1. The van der Waals surface area contributed by atoms with E-state index in [-0.39, 0.29) is 0 Å². The molecule has 2 rings (SSSR count). The molecule has 3 nitrogen and oxygen atoms in total. The van der Waals surface area contributed by atoms with Crippen LogP contribution in [0.15, 0.2) is 18.5 Å². The molecule has 1 aliphatic heterocycles. The van der Waals surface area contributed by atoms with E-state index in [9.17, 15) is 0 Å². The molecule has 1 saturated heterocycles. The molecule has 1 aromatic heterocycles. The van der Waals surface area contributed by atoms with Crippen LogP contribution in [0.25, 0.3) is 0 Å². The Balaban J connectivity index is 1.84. The fourth-order valence-corrected chi connectivity index (χ4v) is 1.98. The standard InChI is InChI=1S/C12H19N3/c1-10-7-14-6-4-11(10)8-15-12-3-2-5-13-9-12/h4,6-7,12-13,15H,2-3,5,8-9H2,1H3. The molecule has 0 radical (unpaired) electrons. The van der Waals surface area contributed by atoms with Crippen LogP contribution in [0.1, 0.15) is 24.0 Å². The first-order valence-corrected chi connectivity index (χ1v) is 5.70. The number of piperidine rings is 1. The lowest BCUT2D eigenvalue weighted by Crippen LogP contribution is -2.42. The monoisotopic (exact) mass is 205 g/mol. The second-order valence-corrected chi connectivity index (χ2v) is 4.23. The van der Waals surface area contributed by atoms with Gasteiger partial charge in [0.05, 0.1) is 0 Å². The number of nitrogens with zero attached hydrogens (tertiary/aromatic N) is 1. The van der Waals surface area contributed by atoms with Crippen LogP contribution in [0.5, 0.6) is 0 Å². The molecule has 0 spiro atoms. The van der Waals surface area contributed by atoms with Gasteiger partial charge in [-0.1, -0.05) is 0 Å². The molecule has 15 heavy (non-hydrogen) atoms. The van der Waals surface area contributed by atoms with E-state index in [2.05, 4.69) is 28.6 Å². The Labute approximate surface area is 91.3 Å². The molecule has 1 aliphatic rings. The number of hydrogen-bond acceptors (Lipinski definition) is 3. The average Bonchev–Trinajstić information content (AvgIpc) is 2.29. The summed E-state index contributed by atoms with van der Waals surface area (Å²) in [6.45, 7) is 5.35. The molecular formula is C12H19N3. The van der Waals surface area contributed by atoms with E-state index in [0.717, 1.165) is 13.1 Å². The molecule has 1 unspecified atom stereocenters. The van der Waals surface area contributed by atoms with E-state index in [1.165, 1.54) is 30.5 Å². The van der Waals surface area contributed by atoms with Gasteiger partial charge in [-0.2, -0.15) is 0 Å². The maximum atomic E-state index is 4.10. The number of rotatable bonds is 3. The van der Waals surface area contributed by atoms with E-state index in [4.69, 9.17) is 0 Å². The minimum absolute atomic E-state index is 0.631. The van der Waals surface area contributed by atoms with Crippen molar-refractivity contribution < 1.29 is 0 Å². The number of aromatic nitrogens is 1. The Morgan fingerprint density at radius 2 is 2.53 bits per heavy atom. The number of aryl methyl sites for hydroxylation is 1. The summed E-state index contributed by atoms with van der Waals surface area (Å²) in [5.41, 5.74) is 2.63. The van der Waals surface area contributed by atoms with Crippen molar-refractivity contribution >= 4 is 0 Å². The summed E-state index contributed by atoms with van der Waals surface area (Å²) in [6, 6.07) is 2.73. The van der Waals surface area contributed by atoms with Gasteiger partial charge < -0.3 is 10.6 Å². The lowest BCUT2D eigenvalue weighted by molar-refractivity contribution is 0.389. The minimum Gasteiger partial charge on any atom is -0.315 e. The third kappa shape index (κ3) is 3.01. The molecule has 1 fully saturated rings. The van der Waals surface area contributed by atoms with Crippen LogP contribution < -0.4 is 10.6 Å². The highest BCUT2D eigenvalue weighted by Gasteiger charge is 2.11. The number of hydrogen-bond donors (Lipinski definition) is 2. The Morgan fingerprint density at radius 3 is 3.27 bits per heavy atom. The average molecular weight is 205 g/mol. The van der Waals surface area contributed by atoms with Gasteiger partial charge in [0, 0.05) is 31.5 Å². The largest absolute Gasteiger partial charge is 0.315 e. The fraction of sp³-hybridized carbons (Fsp3) is 0.583. The predicted molar refractivity (Wildman–Crippen MR) is 61.7 cm³/mol. The van der Waals surface area contributed by atoms with Crippen molar-refractivity contribution in [2.24, 2.45) is 0 Å². The van der Waals surface area contributed by atoms with Gasteiger partial charge in [0.25, 0.3) is 0 Å². The zero-order valence-electron chi connectivity index (χ0n) is 9.29. The quantitative estimate of drug-likeness (QED) is 0.779. The molecule has 0 aliphatic carbocycles. The first kappa shape index (κ1) is 10.6. The fourth-order valence-electron chi connectivity index (χ4n) is 1.98. The van der Waals surface area contributed by atoms with Gasteiger partial charge in [0.15, 0.2) is 0 Å². The summed E-state index contributed by atoms with van der Waals surface area (Å²) in [6.07, 6.45) is 6.36. The van der Waals surface area contributed by atoms with Crippen molar-refractivity contribution in [1.29, 1.82) is 0 Å². The molecule has 0 amide bonds. The lowest BCUT2D eigenvalue weighted by Gasteiger charge is -2.24. The van der Waals surface area contributed by atoms with Crippen LogP contribution in [0.4, 0.5) is 0 Å². The van der Waals surface area contributed by atoms with E-state index in [1.807, 2.05) is 12.4 Å². The van der Waals surface area contributed by atoms with Gasteiger partial charge >= 0.3 is 0 Å². The smallest absolute Gasteiger partial charge is 0.0300 e. The molecule has 2 N–H and O–H groups in total. The van der Waals surface area contributed by atoms with Gasteiger partial charge in [0.2, 0.25) is 0 Å². The highest BCUT2D eigenvalue weighted by Crippen LogP contribution is 2.07. The van der Waals surface area contributed by atoms with Crippen molar-refractivity contribution in [2.75, 3.05) is 13.1 Å². The molecule has 0 aromatic carbocycles. The summed E-state index contributed by atoms with van der Waals surface area (Å²) in [5.74, 6) is 0. The molecule has 2 heterocycles. The zero-order chi connectivity index (χ0) is 10.5. The molecule has 1 atom stereocenters. The van der Waals surface area contributed by atoms with Crippen LogP contribution in [-0.4, -0.2) is 24.1 Å². The zero-order valence-corrected chi connectivity index (χ0v) is 9.29. The van der Waals surface area contributed by atoms with Crippen molar-refractivity contribution in [3.63, 3.8) is 0 Å². The Bertz CT molecular complexity index is 305. The normalized spacial score (nSPS) is 21.5. The van der Waals surface area contributed by atoms with Crippen molar-refractivity contribution in [1.82, 2.24) is 15.6 Å². The van der Waals surface area contributed by atoms with Crippen LogP contribution in [0.3, 0.4) is 0 Å². The molecule has 0 bridgehead atoms. The number of nitrogens with one attached hydrogen (secondary N) is 2. The van der Waals surface area contributed by atoms with Gasteiger partial charge in [-0.3, -0.25) is 4.98 Å².